The Morgan fingerprint density at radius 3 is 2.37 bits per heavy atom. The normalized spacial score (nSPS) is 13.2. The summed E-state index contributed by atoms with van der Waals surface area (Å²) < 4.78 is 11.4. The summed E-state index contributed by atoms with van der Waals surface area (Å²) in [4.78, 5) is 10.8. The van der Waals surface area contributed by atoms with Crippen LogP contribution in [-0.4, -0.2) is 18.6 Å². The SMILES string of the molecule is C=CCC/C=C/[C@H](O[C@@H](C[N+](=O)[O-])c1ccc(OC)cc1)c1ccccc1. The van der Waals surface area contributed by atoms with E-state index in [1.165, 1.54) is 0 Å². The van der Waals surface area contributed by atoms with Crippen LogP contribution in [0.1, 0.15) is 36.2 Å². The quantitative estimate of drug-likeness (QED) is 0.234. The van der Waals surface area contributed by atoms with Crippen molar-refractivity contribution in [1.82, 2.24) is 0 Å². The molecular weight excluding hydrogens is 342 g/mol. The molecule has 0 saturated carbocycles. The Balaban J connectivity index is 2.25. The number of methoxy groups -OCH3 is 1. The fourth-order valence-electron chi connectivity index (χ4n) is 2.67. The minimum absolute atomic E-state index is 0.309. The number of ether oxygens (including phenoxy) is 2. The molecular formula is C22H25NO4. The van der Waals surface area contributed by atoms with Crippen molar-refractivity contribution in [3.05, 3.63) is 101 Å². The van der Waals surface area contributed by atoms with Crippen molar-refractivity contribution in [3.8, 4) is 5.75 Å². The maximum absolute atomic E-state index is 11.2. The lowest BCUT2D eigenvalue weighted by atomic mass is 10.1. The van der Waals surface area contributed by atoms with Crippen LogP contribution in [0.25, 0.3) is 0 Å². The summed E-state index contributed by atoms with van der Waals surface area (Å²) in [6.45, 7) is 3.41. The van der Waals surface area contributed by atoms with Gasteiger partial charge in [-0.05, 0) is 36.1 Å². The maximum Gasteiger partial charge on any atom is 0.233 e. The summed E-state index contributed by atoms with van der Waals surface area (Å²) in [6, 6.07) is 16.9. The monoisotopic (exact) mass is 367 g/mol. The van der Waals surface area contributed by atoms with Gasteiger partial charge in [0.05, 0.1) is 7.11 Å². The number of allylic oxidation sites excluding steroid dienone is 2. The zero-order chi connectivity index (χ0) is 19.5. The third kappa shape index (κ3) is 6.72. The van der Waals surface area contributed by atoms with Crippen LogP contribution in [0, 0.1) is 10.1 Å². The third-order valence-corrected chi connectivity index (χ3v) is 4.09. The zero-order valence-electron chi connectivity index (χ0n) is 15.5. The second kappa shape index (κ2) is 10.9. The summed E-state index contributed by atoms with van der Waals surface area (Å²) in [7, 11) is 1.58. The van der Waals surface area contributed by atoms with Gasteiger partial charge in [0.1, 0.15) is 18.0 Å². The Morgan fingerprint density at radius 2 is 1.78 bits per heavy atom. The molecule has 0 aliphatic carbocycles. The van der Waals surface area contributed by atoms with Gasteiger partial charge in [0.25, 0.3) is 0 Å². The average Bonchev–Trinajstić information content (AvgIpc) is 2.70. The minimum Gasteiger partial charge on any atom is -0.497 e. The highest BCUT2D eigenvalue weighted by atomic mass is 16.6. The molecule has 142 valence electrons. The van der Waals surface area contributed by atoms with E-state index in [1.807, 2.05) is 48.6 Å². The van der Waals surface area contributed by atoms with Gasteiger partial charge in [-0.15, -0.1) is 6.58 Å². The number of hydrogen-bond donors (Lipinski definition) is 0. The van der Waals surface area contributed by atoms with Crippen molar-refractivity contribution in [2.24, 2.45) is 0 Å². The standard InChI is InChI=1S/C22H25NO4/c1-3-4-5-9-12-21(18-10-7-6-8-11-18)27-22(17-23(24)25)19-13-15-20(26-2)16-14-19/h3,6-16,21-22H,1,4-5,17H2,2H3/b12-9+/t21-,22-/m0/s1. The maximum atomic E-state index is 11.2. The Bertz CT molecular complexity index is 741. The number of benzene rings is 2. The van der Waals surface area contributed by atoms with E-state index in [-0.39, 0.29) is 17.6 Å². The molecule has 5 heteroatoms. The molecule has 0 fully saturated rings. The van der Waals surface area contributed by atoms with Gasteiger partial charge >= 0.3 is 0 Å². The molecule has 5 nitrogen and oxygen atoms in total. The number of unbranched alkanes of at least 4 members (excludes halogenated alkanes) is 1. The first-order chi connectivity index (χ1) is 13.1. The molecule has 27 heavy (non-hydrogen) atoms. The highest BCUT2D eigenvalue weighted by Crippen LogP contribution is 2.29. The Hall–Kier alpha value is -2.92. The van der Waals surface area contributed by atoms with Crippen LogP contribution in [0.3, 0.4) is 0 Å². The molecule has 0 aromatic heterocycles. The van der Waals surface area contributed by atoms with Gasteiger partial charge in [-0.25, -0.2) is 0 Å². The molecule has 0 radical (unpaired) electrons. The lowest BCUT2D eigenvalue weighted by molar-refractivity contribution is -0.493. The van der Waals surface area contributed by atoms with Gasteiger partial charge in [0.2, 0.25) is 6.54 Å². The van der Waals surface area contributed by atoms with Crippen LogP contribution < -0.4 is 4.74 Å². The van der Waals surface area contributed by atoms with Gasteiger partial charge in [-0.1, -0.05) is 60.7 Å². The lowest BCUT2D eigenvalue weighted by Gasteiger charge is -2.21. The molecule has 0 saturated heterocycles. The fraction of sp³-hybridized carbons (Fsp3) is 0.273. The highest BCUT2D eigenvalue weighted by Gasteiger charge is 2.23. The fourth-order valence-corrected chi connectivity index (χ4v) is 2.67. The molecule has 2 aromatic carbocycles. The average molecular weight is 367 g/mol. The van der Waals surface area contributed by atoms with E-state index < -0.39 is 6.10 Å². The van der Waals surface area contributed by atoms with Crippen molar-refractivity contribution < 1.29 is 14.4 Å². The van der Waals surface area contributed by atoms with Gasteiger partial charge in [-0.2, -0.15) is 0 Å². The van der Waals surface area contributed by atoms with E-state index in [0.717, 1.165) is 24.0 Å². The number of rotatable bonds is 11. The second-order valence-electron chi connectivity index (χ2n) is 6.04. The highest BCUT2D eigenvalue weighted by molar-refractivity contribution is 5.29. The molecule has 2 aromatic rings. The summed E-state index contributed by atoms with van der Waals surface area (Å²) in [5, 5.41) is 11.2. The molecule has 0 aliphatic heterocycles. The third-order valence-electron chi connectivity index (χ3n) is 4.09. The van der Waals surface area contributed by atoms with E-state index in [4.69, 9.17) is 9.47 Å². The van der Waals surface area contributed by atoms with E-state index in [0.29, 0.717) is 5.75 Å². The largest absolute Gasteiger partial charge is 0.497 e. The molecule has 0 N–H and O–H groups in total. The van der Waals surface area contributed by atoms with Crippen LogP contribution in [0.15, 0.2) is 79.4 Å². The summed E-state index contributed by atoms with van der Waals surface area (Å²) in [6.07, 6.45) is 6.51. The van der Waals surface area contributed by atoms with Gasteiger partial charge in [-0.3, -0.25) is 10.1 Å². The molecule has 0 bridgehead atoms. The van der Waals surface area contributed by atoms with Gasteiger partial charge in [0.15, 0.2) is 0 Å². The first kappa shape index (κ1) is 20.4. The molecule has 0 heterocycles. The molecule has 2 rings (SSSR count). The first-order valence-corrected chi connectivity index (χ1v) is 8.87. The molecule has 0 aliphatic rings. The Morgan fingerprint density at radius 1 is 1.07 bits per heavy atom. The molecule has 0 amide bonds. The number of nitro groups is 1. The smallest absolute Gasteiger partial charge is 0.233 e. The number of hydrogen-bond acceptors (Lipinski definition) is 4. The predicted octanol–water partition coefficient (Wildman–Crippen LogP) is 5.29. The van der Waals surface area contributed by atoms with Crippen molar-refractivity contribution >= 4 is 0 Å². The predicted molar refractivity (Wildman–Crippen MR) is 106 cm³/mol. The minimum atomic E-state index is -0.667. The van der Waals surface area contributed by atoms with Crippen molar-refractivity contribution in [3.63, 3.8) is 0 Å². The summed E-state index contributed by atoms with van der Waals surface area (Å²) in [5.41, 5.74) is 1.70. The van der Waals surface area contributed by atoms with Crippen LogP contribution >= 0.6 is 0 Å². The van der Waals surface area contributed by atoms with Gasteiger partial charge in [0, 0.05) is 4.92 Å². The zero-order valence-corrected chi connectivity index (χ0v) is 15.5. The number of nitrogens with zero attached hydrogens (tertiary/aromatic N) is 1. The molecule has 0 spiro atoms. The van der Waals surface area contributed by atoms with Crippen LogP contribution in [0.4, 0.5) is 0 Å². The van der Waals surface area contributed by atoms with Crippen LogP contribution in [0.2, 0.25) is 0 Å². The lowest BCUT2D eigenvalue weighted by Crippen LogP contribution is -2.18. The Kier molecular flexibility index (Phi) is 8.26. The van der Waals surface area contributed by atoms with Gasteiger partial charge < -0.3 is 9.47 Å². The van der Waals surface area contributed by atoms with E-state index in [1.54, 1.807) is 31.4 Å². The second-order valence-corrected chi connectivity index (χ2v) is 6.04. The topological polar surface area (TPSA) is 61.6 Å². The van der Waals surface area contributed by atoms with Crippen molar-refractivity contribution in [1.29, 1.82) is 0 Å². The molecule has 2 atom stereocenters. The Labute approximate surface area is 160 Å². The van der Waals surface area contributed by atoms with Crippen molar-refractivity contribution in [2.75, 3.05) is 13.7 Å². The first-order valence-electron chi connectivity index (χ1n) is 8.87. The van der Waals surface area contributed by atoms with Crippen LogP contribution in [0.5, 0.6) is 5.75 Å². The summed E-state index contributed by atoms with van der Waals surface area (Å²) >= 11 is 0. The summed E-state index contributed by atoms with van der Waals surface area (Å²) in [5.74, 6) is 0.697. The van der Waals surface area contributed by atoms with E-state index in [9.17, 15) is 10.1 Å². The van der Waals surface area contributed by atoms with E-state index >= 15 is 0 Å². The van der Waals surface area contributed by atoms with Crippen LogP contribution in [-0.2, 0) is 4.74 Å². The molecule has 0 unspecified atom stereocenters. The van der Waals surface area contributed by atoms with Crippen molar-refractivity contribution in [2.45, 2.75) is 25.0 Å². The van der Waals surface area contributed by atoms with E-state index in [2.05, 4.69) is 6.58 Å².